The minimum Gasteiger partial charge on any atom is -0.508 e. The molecule has 0 saturated carbocycles. The summed E-state index contributed by atoms with van der Waals surface area (Å²) in [5.74, 6) is -6.80. The van der Waals surface area contributed by atoms with Gasteiger partial charge in [0.05, 0.1) is 6.10 Å². The number of aliphatic hydroxyl groups is 2. The van der Waals surface area contributed by atoms with Gasteiger partial charge in [-0.25, -0.2) is 0 Å². The monoisotopic (exact) mass is 594 g/mol. The Kier molecular flexibility index (Phi) is 6.36. The summed E-state index contributed by atoms with van der Waals surface area (Å²) in [6.07, 6.45) is -5.79. The second-order valence-electron chi connectivity index (χ2n) is 10.5. The maximum atomic E-state index is 11.8. The van der Waals surface area contributed by atoms with E-state index in [1.54, 1.807) is 0 Å². The molecule has 2 heterocycles. The van der Waals surface area contributed by atoms with Crippen molar-refractivity contribution in [2.24, 2.45) is 0 Å². The van der Waals surface area contributed by atoms with Crippen LogP contribution in [0.25, 0.3) is 0 Å². The molecule has 4 aromatic rings. The molecular weight excluding hydrogens is 568 g/mol. The molecule has 2 aliphatic heterocycles. The molecule has 11 N–H and O–H groups in total. The lowest BCUT2D eigenvalue weighted by Gasteiger charge is -2.40. The zero-order chi connectivity index (χ0) is 30.9. The Morgan fingerprint density at radius 2 is 1.14 bits per heavy atom. The van der Waals surface area contributed by atoms with Crippen LogP contribution in [0.15, 0.2) is 48.5 Å². The van der Waals surface area contributed by atoms with Crippen molar-refractivity contribution in [1.82, 2.24) is 0 Å². The highest BCUT2D eigenvalue weighted by molar-refractivity contribution is 5.64. The van der Waals surface area contributed by atoms with Crippen LogP contribution >= 0.6 is 0 Å². The van der Waals surface area contributed by atoms with Crippen LogP contribution in [0.1, 0.15) is 45.9 Å². The molecule has 0 saturated heterocycles. The van der Waals surface area contributed by atoms with Crippen molar-refractivity contribution >= 4 is 0 Å². The van der Waals surface area contributed by atoms with E-state index in [0.29, 0.717) is 0 Å². The van der Waals surface area contributed by atoms with Crippen LogP contribution in [-0.2, 0) is 6.42 Å². The Morgan fingerprint density at radius 1 is 0.581 bits per heavy atom. The van der Waals surface area contributed by atoms with Crippen molar-refractivity contribution in [3.8, 4) is 63.2 Å². The van der Waals surface area contributed by atoms with Crippen molar-refractivity contribution < 1.29 is 65.6 Å². The Morgan fingerprint density at radius 3 is 1.72 bits per heavy atom. The van der Waals surface area contributed by atoms with Gasteiger partial charge in [0, 0.05) is 52.3 Å². The maximum Gasteiger partial charge on any atom is 0.200 e. The lowest BCUT2D eigenvalue weighted by molar-refractivity contribution is 0.00176. The van der Waals surface area contributed by atoms with Crippen molar-refractivity contribution in [1.29, 1.82) is 0 Å². The predicted octanol–water partition coefficient (Wildman–Crippen LogP) is 2.70. The average Bonchev–Trinajstić information content (AvgIpc) is 2.95. The third kappa shape index (κ3) is 4.42. The fourth-order valence-electron chi connectivity index (χ4n) is 5.75. The fraction of sp³-hybridized carbons (Fsp3) is 0.200. The molecule has 0 aromatic heterocycles. The number of benzene rings is 4. The standard InChI is InChI=1S/C30H26O13/c31-12-1-2-13-22(7-12)42-29(11-5-19(36)26(40)20(37)6-11)27(41)23(13)24-16(33)9-15(32)14-8-21(38)28(43-30(14)24)10-3-17(34)25(39)18(35)4-10/h1-7,9,21,23,27-29,31-41H,8H2/t21-,23+,27+,28-,29-/m1/s1. The topological polar surface area (TPSA) is 241 Å². The second-order valence-corrected chi connectivity index (χ2v) is 10.5. The molecule has 0 spiro atoms. The first kappa shape index (κ1) is 27.8. The third-order valence-electron chi connectivity index (χ3n) is 7.77. The van der Waals surface area contributed by atoms with Crippen LogP contribution in [-0.4, -0.2) is 68.4 Å². The first-order valence-electron chi connectivity index (χ1n) is 12.9. The van der Waals surface area contributed by atoms with Gasteiger partial charge in [-0.2, -0.15) is 0 Å². The normalized spacial score (nSPS) is 22.6. The summed E-state index contributed by atoms with van der Waals surface area (Å²) in [5.41, 5.74) is 0.348. The van der Waals surface area contributed by atoms with Gasteiger partial charge >= 0.3 is 0 Å². The molecule has 13 nitrogen and oxygen atoms in total. The number of ether oxygens (including phenoxy) is 2. The number of fused-ring (bicyclic) bond motifs is 2. The number of rotatable bonds is 3. The van der Waals surface area contributed by atoms with E-state index in [4.69, 9.17) is 9.47 Å². The van der Waals surface area contributed by atoms with Gasteiger partial charge in [0.1, 0.15) is 34.9 Å². The van der Waals surface area contributed by atoms with Crippen LogP contribution < -0.4 is 9.47 Å². The molecular formula is C30H26O13. The summed E-state index contributed by atoms with van der Waals surface area (Å²) in [4.78, 5) is 0. The highest BCUT2D eigenvalue weighted by Crippen LogP contribution is 2.56. The molecule has 5 atom stereocenters. The van der Waals surface area contributed by atoms with Crippen molar-refractivity contribution in [3.05, 3.63) is 76.3 Å². The number of aliphatic hydroxyl groups excluding tert-OH is 2. The first-order valence-corrected chi connectivity index (χ1v) is 12.9. The fourth-order valence-corrected chi connectivity index (χ4v) is 5.75. The van der Waals surface area contributed by atoms with Crippen LogP contribution in [0.2, 0.25) is 0 Å². The summed E-state index contributed by atoms with van der Waals surface area (Å²) in [5, 5.41) is 115. The van der Waals surface area contributed by atoms with Gasteiger partial charge < -0.3 is 65.6 Å². The molecule has 0 aliphatic carbocycles. The largest absolute Gasteiger partial charge is 0.508 e. The van der Waals surface area contributed by atoms with Crippen molar-refractivity contribution in [2.75, 3.05) is 0 Å². The number of phenolic OH excluding ortho intramolecular Hbond substituents is 9. The minimum atomic E-state index is -1.59. The zero-order valence-corrected chi connectivity index (χ0v) is 21.9. The molecule has 13 heteroatoms. The van der Waals surface area contributed by atoms with Gasteiger partial charge in [-0.1, -0.05) is 6.07 Å². The highest BCUT2D eigenvalue weighted by atomic mass is 16.5. The molecule has 0 unspecified atom stereocenters. The van der Waals surface area contributed by atoms with Crippen LogP contribution in [0.3, 0.4) is 0 Å². The smallest absolute Gasteiger partial charge is 0.200 e. The molecule has 0 fully saturated rings. The Hall–Kier alpha value is -5.40. The molecule has 0 radical (unpaired) electrons. The van der Waals surface area contributed by atoms with E-state index in [9.17, 15) is 56.2 Å². The highest BCUT2D eigenvalue weighted by Gasteiger charge is 2.45. The number of aromatic hydroxyl groups is 9. The molecule has 4 aromatic carbocycles. The van der Waals surface area contributed by atoms with Crippen molar-refractivity contribution in [2.45, 2.75) is 36.8 Å². The Balaban J connectivity index is 1.54. The van der Waals surface area contributed by atoms with Crippen LogP contribution in [0.5, 0.6) is 63.2 Å². The predicted molar refractivity (Wildman–Crippen MR) is 145 cm³/mol. The van der Waals surface area contributed by atoms with E-state index >= 15 is 0 Å². The summed E-state index contributed by atoms with van der Waals surface area (Å²) >= 11 is 0. The zero-order valence-electron chi connectivity index (χ0n) is 21.9. The van der Waals surface area contributed by atoms with E-state index in [2.05, 4.69) is 0 Å². The van der Waals surface area contributed by atoms with E-state index in [0.717, 1.165) is 30.3 Å². The molecule has 43 heavy (non-hydrogen) atoms. The van der Waals surface area contributed by atoms with E-state index in [1.807, 2.05) is 0 Å². The number of hydrogen-bond acceptors (Lipinski definition) is 13. The Bertz CT molecular complexity index is 1720. The van der Waals surface area contributed by atoms with Gasteiger partial charge in [-0.15, -0.1) is 0 Å². The van der Waals surface area contributed by atoms with Gasteiger partial charge in [0.25, 0.3) is 0 Å². The second kappa shape index (κ2) is 9.86. The quantitative estimate of drug-likeness (QED) is 0.153. The van der Waals surface area contributed by atoms with Crippen LogP contribution in [0, 0.1) is 0 Å². The summed E-state index contributed by atoms with van der Waals surface area (Å²) in [6.45, 7) is 0. The summed E-state index contributed by atoms with van der Waals surface area (Å²) in [7, 11) is 0. The van der Waals surface area contributed by atoms with Gasteiger partial charge in [0.2, 0.25) is 0 Å². The average molecular weight is 595 g/mol. The number of phenols is 9. The third-order valence-corrected chi connectivity index (χ3v) is 7.77. The summed E-state index contributed by atoms with van der Waals surface area (Å²) < 4.78 is 12.1. The molecule has 0 amide bonds. The SMILES string of the molecule is Oc1ccc2c(c1)O[C@H](c1cc(O)c(O)c(O)c1)[C@@H](O)[C@@H]2c1c(O)cc(O)c2c1O[C@H](c1cc(O)c(O)c(O)c1)[C@H](O)C2. The van der Waals surface area contributed by atoms with Crippen molar-refractivity contribution in [3.63, 3.8) is 0 Å². The number of hydrogen-bond donors (Lipinski definition) is 11. The van der Waals surface area contributed by atoms with E-state index < -0.39 is 76.3 Å². The van der Waals surface area contributed by atoms with E-state index in [1.165, 1.54) is 18.2 Å². The summed E-state index contributed by atoms with van der Waals surface area (Å²) in [6, 6.07) is 9.28. The van der Waals surface area contributed by atoms with Crippen LogP contribution in [0.4, 0.5) is 0 Å². The van der Waals surface area contributed by atoms with Gasteiger partial charge in [0.15, 0.2) is 46.7 Å². The molecule has 2 aliphatic rings. The maximum absolute atomic E-state index is 11.8. The van der Waals surface area contributed by atoms with Gasteiger partial charge in [-0.3, -0.25) is 0 Å². The first-order chi connectivity index (χ1) is 20.3. The lowest BCUT2D eigenvalue weighted by Crippen LogP contribution is -2.36. The van der Waals surface area contributed by atoms with Gasteiger partial charge in [-0.05, 0) is 30.3 Å². The molecule has 0 bridgehead atoms. The Labute approximate surface area is 242 Å². The molecule has 6 rings (SSSR count). The van der Waals surface area contributed by atoms with E-state index in [-0.39, 0.29) is 51.5 Å². The minimum absolute atomic E-state index is 0.0238. The molecule has 224 valence electrons. The lowest BCUT2D eigenvalue weighted by atomic mass is 9.77.